The van der Waals surface area contributed by atoms with E-state index in [2.05, 4.69) is 5.32 Å². The molecule has 0 bridgehead atoms. The molecule has 8 heteroatoms. The van der Waals surface area contributed by atoms with E-state index in [1.807, 2.05) is 47.4 Å². The third-order valence-corrected chi connectivity index (χ3v) is 8.02. The summed E-state index contributed by atoms with van der Waals surface area (Å²) in [6.07, 6.45) is 4.08. The van der Waals surface area contributed by atoms with Gasteiger partial charge in [-0.05, 0) is 24.3 Å². The highest BCUT2D eigenvalue weighted by Gasteiger charge is 2.32. The number of carbonyl (C=O) groups is 1. The topological polar surface area (TPSA) is 73.0 Å². The molecule has 2 aromatic carbocycles. The summed E-state index contributed by atoms with van der Waals surface area (Å²) in [6.45, 7) is 3.50. The van der Waals surface area contributed by atoms with Crippen LogP contribution < -0.4 is 5.32 Å². The highest BCUT2D eigenvalue weighted by molar-refractivity contribution is 7.86. The van der Waals surface area contributed by atoms with Crippen LogP contribution in [0.25, 0.3) is 10.8 Å². The zero-order valence-corrected chi connectivity index (χ0v) is 18.1. The summed E-state index contributed by atoms with van der Waals surface area (Å²) in [5.74, 6) is -0.0739. The van der Waals surface area contributed by atoms with Crippen LogP contribution in [-0.2, 0) is 15.0 Å². The summed E-state index contributed by atoms with van der Waals surface area (Å²) in [6, 6.07) is 13.8. The maximum Gasteiger partial charge on any atom is 0.282 e. The summed E-state index contributed by atoms with van der Waals surface area (Å²) >= 11 is 0. The van der Waals surface area contributed by atoms with Crippen molar-refractivity contribution in [1.29, 1.82) is 0 Å². The third kappa shape index (κ3) is 4.83. The molecule has 2 aliphatic heterocycles. The normalized spacial score (nSPS) is 20.1. The zero-order chi connectivity index (χ0) is 21.0. The first-order chi connectivity index (χ1) is 14.5. The minimum atomic E-state index is -3.39. The quantitative estimate of drug-likeness (QED) is 0.791. The van der Waals surface area contributed by atoms with Crippen molar-refractivity contribution in [2.45, 2.75) is 25.7 Å². The number of hydrogen-bond donors (Lipinski definition) is 1. The molecular weight excluding hydrogens is 400 g/mol. The molecule has 0 aromatic heterocycles. The van der Waals surface area contributed by atoms with Gasteiger partial charge in [0.1, 0.15) is 0 Å². The van der Waals surface area contributed by atoms with Gasteiger partial charge in [0.05, 0.1) is 6.54 Å². The number of anilines is 1. The maximum absolute atomic E-state index is 12.9. The maximum atomic E-state index is 12.9. The SMILES string of the molecule is O=C(CN1CCN(S(=O)(=O)N2CCCCCC2)CC1)Nc1cccc2ccccc12. The smallest absolute Gasteiger partial charge is 0.282 e. The molecular formula is C22H30N4O3S. The van der Waals surface area contributed by atoms with Gasteiger partial charge in [0, 0.05) is 50.3 Å². The Labute approximate surface area is 178 Å². The van der Waals surface area contributed by atoms with E-state index in [0.717, 1.165) is 42.1 Å². The Morgan fingerprint density at radius 1 is 0.800 bits per heavy atom. The van der Waals surface area contributed by atoms with E-state index < -0.39 is 10.2 Å². The van der Waals surface area contributed by atoms with Gasteiger partial charge >= 0.3 is 0 Å². The van der Waals surface area contributed by atoms with Crippen molar-refractivity contribution >= 4 is 32.6 Å². The molecule has 2 fully saturated rings. The number of carbonyl (C=O) groups excluding carboxylic acids is 1. The molecule has 1 N–H and O–H groups in total. The van der Waals surface area contributed by atoms with Gasteiger partial charge in [-0.15, -0.1) is 0 Å². The lowest BCUT2D eigenvalue weighted by Gasteiger charge is -2.36. The van der Waals surface area contributed by atoms with Gasteiger partial charge in [0.2, 0.25) is 5.91 Å². The number of fused-ring (bicyclic) bond motifs is 1. The van der Waals surface area contributed by atoms with Crippen LogP contribution in [0.4, 0.5) is 5.69 Å². The number of hydrogen-bond acceptors (Lipinski definition) is 4. The Kier molecular flexibility index (Phi) is 6.67. The standard InChI is InChI=1S/C22H30N4O3S/c27-22(23-21-11-7-9-19-8-3-4-10-20(19)21)18-24-14-16-26(17-15-24)30(28,29)25-12-5-1-2-6-13-25/h3-4,7-11H,1-2,5-6,12-18H2,(H,23,27). The van der Waals surface area contributed by atoms with Gasteiger partial charge in [-0.1, -0.05) is 49.2 Å². The summed E-state index contributed by atoms with van der Waals surface area (Å²) in [7, 11) is -3.39. The number of piperazine rings is 1. The largest absolute Gasteiger partial charge is 0.324 e. The molecule has 0 radical (unpaired) electrons. The van der Waals surface area contributed by atoms with Crippen LogP contribution in [0.1, 0.15) is 25.7 Å². The first kappa shape index (κ1) is 21.2. The molecule has 0 spiro atoms. The molecule has 0 unspecified atom stereocenters. The van der Waals surface area contributed by atoms with Crippen LogP contribution in [-0.4, -0.2) is 73.6 Å². The molecule has 162 valence electrons. The molecule has 30 heavy (non-hydrogen) atoms. The minimum absolute atomic E-state index is 0.0739. The van der Waals surface area contributed by atoms with Crippen molar-refractivity contribution in [1.82, 2.24) is 13.5 Å². The molecule has 4 rings (SSSR count). The lowest BCUT2D eigenvalue weighted by Crippen LogP contribution is -2.54. The molecule has 2 heterocycles. The van der Waals surface area contributed by atoms with E-state index in [9.17, 15) is 13.2 Å². The van der Waals surface area contributed by atoms with Gasteiger partial charge in [-0.3, -0.25) is 9.69 Å². The van der Waals surface area contributed by atoms with E-state index in [0.29, 0.717) is 39.3 Å². The summed E-state index contributed by atoms with van der Waals surface area (Å²) in [5.41, 5.74) is 0.806. The molecule has 0 aliphatic carbocycles. The molecule has 0 saturated carbocycles. The zero-order valence-electron chi connectivity index (χ0n) is 17.3. The third-order valence-electron chi connectivity index (χ3n) is 5.98. The first-order valence-corrected chi connectivity index (χ1v) is 12.2. The van der Waals surface area contributed by atoms with Crippen molar-refractivity contribution in [2.75, 3.05) is 51.1 Å². The van der Waals surface area contributed by atoms with Crippen LogP contribution in [0.15, 0.2) is 42.5 Å². The van der Waals surface area contributed by atoms with Crippen molar-refractivity contribution in [3.63, 3.8) is 0 Å². The van der Waals surface area contributed by atoms with E-state index >= 15 is 0 Å². The Hall–Kier alpha value is -2.00. The van der Waals surface area contributed by atoms with Gasteiger partial charge in [-0.25, -0.2) is 0 Å². The van der Waals surface area contributed by atoms with E-state index in [-0.39, 0.29) is 12.5 Å². The fourth-order valence-electron chi connectivity index (χ4n) is 4.28. The number of nitrogens with one attached hydrogen (secondary N) is 1. The van der Waals surface area contributed by atoms with Gasteiger partial charge in [0.25, 0.3) is 10.2 Å². The summed E-state index contributed by atoms with van der Waals surface area (Å²) in [5, 5.41) is 5.11. The van der Waals surface area contributed by atoms with E-state index in [1.54, 1.807) is 8.61 Å². The predicted octanol–water partition coefficient (Wildman–Crippen LogP) is 2.52. The Morgan fingerprint density at radius 2 is 1.43 bits per heavy atom. The molecule has 2 aromatic rings. The Morgan fingerprint density at radius 3 is 2.17 bits per heavy atom. The summed E-state index contributed by atoms with van der Waals surface area (Å²) < 4.78 is 29.1. The van der Waals surface area contributed by atoms with E-state index in [4.69, 9.17) is 0 Å². The van der Waals surface area contributed by atoms with Crippen molar-refractivity contribution in [3.8, 4) is 0 Å². The molecule has 2 aliphatic rings. The first-order valence-electron chi connectivity index (χ1n) is 10.8. The average molecular weight is 431 g/mol. The number of benzene rings is 2. The highest BCUT2D eigenvalue weighted by atomic mass is 32.2. The predicted molar refractivity (Wildman–Crippen MR) is 120 cm³/mol. The fourth-order valence-corrected chi connectivity index (χ4v) is 5.95. The second-order valence-corrected chi connectivity index (χ2v) is 10.00. The second-order valence-electron chi connectivity index (χ2n) is 8.07. The van der Waals surface area contributed by atoms with Gasteiger partial charge < -0.3 is 5.32 Å². The Bertz CT molecular complexity index is 974. The van der Waals surface area contributed by atoms with Crippen molar-refractivity contribution in [3.05, 3.63) is 42.5 Å². The lowest BCUT2D eigenvalue weighted by molar-refractivity contribution is -0.117. The van der Waals surface area contributed by atoms with E-state index in [1.165, 1.54) is 0 Å². The average Bonchev–Trinajstić information content (AvgIpc) is 3.05. The summed E-state index contributed by atoms with van der Waals surface area (Å²) in [4.78, 5) is 14.6. The molecule has 0 atom stereocenters. The highest BCUT2D eigenvalue weighted by Crippen LogP contribution is 2.23. The van der Waals surface area contributed by atoms with Gasteiger partial charge in [0.15, 0.2) is 0 Å². The van der Waals surface area contributed by atoms with Crippen LogP contribution in [0, 0.1) is 0 Å². The number of rotatable bonds is 5. The molecule has 7 nitrogen and oxygen atoms in total. The monoisotopic (exact) mass is 430 g/mol. The minimum Gasteiger partial charge on any atom is -0.324 e. The van der Waals surface area contributed by atoms with Crippen molar-refractivity contribution in [2.24, 2.45) is 0 Å². The lowest BCUT2D eigenvalue weighted by atomic mass is 10.1. The number of amides is 1. The second kappa shape index (κ2) is 9.43. The van der Waals surface area contributed by atoms with Crippen molar-refractivity contribution < 1.29 is 13.2 Å². The Balaban J connectivity index is 1.31. The molecule has 1 amide bonds. The molecule has 2 saturated heterocycles. The van der Waals surface area contributed by atoms with Crippen LogP contribution in [0.5, 0.6) is 0 Å². The van der Waals surface area contributed by atoms with Crippen LogP contribution >= 0.6 is 0 Å². The fraction of sp³-hybridized carbons (Fsp3) is 0.500. The van der Waals surface area contributed by atoms with Gasteiger partial charge in [-0.2, -0.15) is 17.0 Å². The van der Waals surface area contributed by atoms with Crippen LogP contribution in [0.3, 0.4) is 0 Å². The van der Waals surface area contributed by atoms with Crippen LogP contribution in [0.2, 0.25) is 0 Å². The number of nitrogens with zero attached hydrogens (tertiary/aromatic N) is 3.